The monoisotopic (exact) mass is 334 g/mol. The van der Waals surface area contributed by atoms with E-state index in [1.54, 1.807) is 6.07 Å². The van der Waals surface area contributed by atoms with Gasteiger partial charge in [0.1, 0.15) is 12.6 Å². The molecule has 1 amide bonds. The third kappa shape index (κ3) is 3.70. The lowest BCUT2D eigenvalue weighted by molar-refractivity contribution is -0.139. The molecule has 24 heavy (non-hydrogen) atoms. The fourth-order valence-electron chi connectivity index (χ4n) is 2.22. The van der Waals surface area contributed by atoms with Crippen molar-refractivity contribution < 1.29 is 28.3 Å². The molecule has 3 rings (SSSR count). The van der Waals surface area contributed by atoms with Crippen LogP contribution in [0.1, 0.15) is 29.1 Å². The van der Waals surface area contributed by atoms with E-state index in [2.05, 4.69) is 10.5 Å². The summed E-state index contributed by atoms with van der Waals surface area (Å²) in [6.45, 7) is -0.105. The van der Waals surface area contributed by atoms with Crippen molar-refractivity contribution in [1.82, 2.24) is 10.5 Å². The summed E-state index contributed by atoms with van der Waals surface area (Å²) in [5.74, 6) is -1.97. The minimum Gasteiger partial charge on any atom is -0.482 e. The number of nitrogens with zero attached hydrogens (tertiary/aromatic N) is 1. The number of rotatable bonds is 7. The molecule has 7 nitrogen and oxygen atoms in total. The Labute approximate surface area is 136 Å². The maximum Gasteiger partial charge on any atom is 0.326 e. The standard InChI is InChI=1S/C16H15FN2O5/c17-11-3-1-2-4-13(11)23-8-10-7-12(19-24-10)15(20)18-14(16(21)22)9-5-6-9/h1-4,7,9,14H,5-6,8H2,(H,18,20)(H,21,22). The van der Waals surface area contributed by atoms with E-state index < -0.39 is 23.7 Å². The highest BCUT2D eigenvalue weighted by Crippen LogP contribution is 2.32. The first-order valence-corrected chi connectivity index (χ1v) is 7.41. The van der Waals surface area contributed by atoms with Crippen molar-refractivity contribution in [2.24, 2.45) is 5.92 Å². The quantitative estimate of drug-likeness (QED) is 0.803. The van der Waals surface area contributed by atoms with Gasteiger partial charge in [-0.15, -0.1) is 0 Å². The van der Waals surface area contributed by atoms with Gasteiger partial charge in [-0.2, -0.15) is 0 Å². The van der Waals surface area contributed by atoms with Crippen LogP contribution >= 0.6 is 0 Å². The van der Waals surface area contributed by atoms with Crippen LogP contribution in [-0.4, -0.2) is 28.2 Å². The van der Waals surface area contributed by atoms with Crippen molar-refractivity contribution in [3.63, 3.8) is 0 Å². The molecule has 2 N–H and O–H groups in total. The first-order chi connectivity index (χ1) is 11.5. The fraction of sp³-hybridized carbons (Fsp3) is 0.312. The van der Waals surface area contributed by atoms with Gasteiger partial charge in [0.25, 0.3) is 5.91 Å². The van der Waals surface area contributed by atoms with Gasteiger partial charge in [0, 0.05) is 6.07 Å². The van der Waals surface area contributed by atoms with E-state index in [0.717, 1.165) is 12.8 Å². The highest BCUT2D eigenvalue weighted by Gasteiger charge is 2.37. The molecule has 0 aliphatic heterocycles. The molecule has 126 valence electrons. The number of carboxylic acid groups (broad SMARTS) is 1. The average molecular weight is 334 g/mol. The molecule has 1 saturated carbocycles. The molecule has 1 aromatic carbocycles. The third-order valence-corrected chi connectivity index (χ3v) is 3.64. The molecule has 2 aromatic rings. The molecule has 1 aliphatic carbocycles. The number of halogens is 1. The smallest absolute Gasteiger partial charge is 0.326 e. The summed E-state index contributed by atoms with van der Waals surface area (Å²) in [5.41, 5.74) is -0.0472. The van der Waals surface area contributed by atoms with Gasteiger partial charge in [-0.25, -0.2) is 9.18 Å². The lowest BCUT2D eigenvalue weighted by Gasteiger charge is -2.11. The minimum absolute atomic E-state index is 0.0396. The lowest BCUT2D eigenvalue weighted by atomic mass is 10.2. The van der Waals surface area contributed by atoms with Crippen LogP contribution in [0.25, 0.3) is 0 Å². The van der Waals surface area contributed by atoms with Crippen LogP contribution < -0.4 is 10.1 Å². The van der Waals surface area contributed by atoms with Crippen LogP contribution in [0.5, 0.6) is 5.75 Å². The fourth-order valence-corrected chi connectivity index (χ4v) is 2.22. The summed E-state index contributed by atoms with van der Waals surface area (Å²) in [5, 5.41) is 15.1. The van der Waals surface area contributed by atoms with Crippen molar-refractivity contribution in [2.75, 3.05) is 0 Å². The highest BCUT2D eigenvalue weighted by molar-refractivity contribution is 5.95. The number of amides is 1. The van der Waals surface area contributed by atoms with Crippen LogP contribution in [0.3, 0.4) is 0 Å². The molecule has 1 aliphatic rings. The van der Waals surface area contributed by atoms with Gasteiger partial charge in [0.05, 0.1) is 0 Å². The van der Waals surface area contributed by atoms with Gasteiger partial charge in [0.2, 0.25) is 0 Å². The first-order valence-electron chi connectivity index (χ1n) is 7.41. The number of hydrogen-bond acceptors (Lipinski definition) is 5. The summed E-state index contributed by atoms with van der Waals surface area (Å²) in [4.78, 5) is 23.2. The van der Waals surface area contributed by atoms with Crippen molar-refractivity contribution in [3.05, 3.63) is 47.6 Å². The van der Waals surface area contributed by atoms with Crippen molar-refractivity contribution >= 4 is 11.9 Å². The lowest BCUT2D eigenvalue weighted by Crippen LogP contribution is -2.42. The van der Waals surface area contributed by atoms with E-state index in [0.29, 0.717) is 0 Å². The Morgan fingerprint density at radius 1 is 1.42 bits per heavy atom. The van der Waals surface area contributed by atoms with Crippen LogP contribution in [0.4, 0.5) is 4.39 Å². The second-order valence-corrected chi connectivity index (χ2v) is 5.52. The minimum atomic E-state index is -1.07. The molecule has 1 aromatic heterocycles. The molecule has 1 atom stereocenters. The topological polar surface area (TPSA) is 102 Å². The summed E-state index contributed by atoms with van der Waals surface area (Å²) in [6.07, 6.45) is 1.55. The Balaban J connectivity index is 1.59. The van der Waals surface area contributed by atoms with Crippen molar-refractivity contribution in [3.8, 4) is 5.75 Å². The molecule has 1 fully saturated rings. The van der Waals surface area contributed by atoms with Gasteiger partial charge in [-0.05, 0) is 30.9 Å². The average Bonchev–Trinajstić information content (AvgIpc) is 3.28. The SMILES string of the molecule is O=C(NC(C(=O)O)C1CC1)c1cc(COc2ccccc2F)on1. The zero-order chi connectivity index (χ0) is 17.1. The molecule has 0 radical (unpaired) electrons. The highest BCUT2D eigenvalue weighted by atomic mass is 19.1. The maximum atomic E-state index is 13.4. The van der Waals surface area contributed by atoms with Gasteiger partial charge in [-0.3, -0.25) is 4.79 Å². The van der Waals surface area contributed by atoms with Crippen LogP contribution in [-0.2, 0) is 11.4 Å². The molecule has 0 saturated heterocycles. The Hall–Kier alpha value is -2.90. The molecule has 0 spiro atoms. The molecular formula is C16H15FN2O5. The normalized spacial score (nSPS) is 14.9. The van der Waals surface area contributed by atoms with Crippen LogP contribution in [0, 0.1) is 11.7 Å². The number of carboxylic acids is 1. The zero-order valence-electron chi connectivity index (χ0n) is 12.6. The molecule has 1 heterocycles. The number of aromatic nitrogens is 1. The van der Waals surface area contributed by atoms with Gasteiger partial charge in [0.15, 0.2) is 23.0 Å². The second-order valence-electron chi connectivity index (χ2n) is 5.52. The molecule has 0 bridgehead atoms. The van der Waals surface area contributed by atoms with E-state index >= 15 is 0 Å². The van der Waals surface area contributed by atoms with Gasteiger partial charge in [-0.1, -0.05) is 17.3 Å². The Bertz CT molecular complexity index is 756. The van der Waals surface area contributed by atoms with Crippen molar-refractivity contribution in [2.45, 2.75) is 25.5 Å². The van der Waals surface area contributed by atoms with Crippen LogP contribution in [0.2, 0.25) is 0 Å². The molecule has 1 unspecified atom stereocenters. The predicted molar refractivity (Wildman–Crippen MR) is 78.8 cm³/mol. The predicted octanol–water partition coefficient (Wildman–Crippen LogP) is 1.99. The van der Waals surface area contributed by atoms with Crippen LogP contribution in [0.15, 0.2) is 34.9 Å². The number of carbonyl (C=O) groups is 2. The summed E-state index contributed by atoms with van der Waals surface area (Å²) < 4.78 is 23.6. The summed E-state index contributed by atoms with van der Waals surface area (Å²) in [7, 11) is 0. The summed E-state index contributed by atoms with van der Waals surface area (Å²) in [6, 6.07) is 6.30. The zero-order valence-corrected chi connectivity index (χ0v) is 12.6. The van der Waals surface area contributed by atoms with E-state index in [4.69, 9.17) is 14.4 Å². The number of para-hydroxylation sites is 1. The van der Waals surface area contributed by atoms with E-state index in [9.17, 15) is 14.0 Å². The number of ether oxygens (including phenoxy) is 1. The number of carbonyl (C=O) groups excluding carboxylic acids is 1. The largest absolute Gasteiger partial charge is 0.482 e. The van der Waals surface area contributed by atoms with E-state index in [1.807, 2.05) is 0 Å². The molecule has 8 heteroatoms. The number of aliphatic carboxylic acids is 1. The number of hydrogen-bond donors (Lipinski definition) is 2. The Morgan fingerprint density at radius 3 is 2.83 bits per heavy atom. The maximum absolute atomic E-state index is 13.4. The molecular weight excluding hydrogens is 319 g/mol. The Kier molecular flexibility index (Phi) is 4.45. The van der Waals surface area contributed by atoms with Crippen molar-refractivity contribution in [1.29, 1.82) is 0 Å². The van der Waals surface area contributed by atoms with Gasteiger partial charge >= 0.3 is 5.97 Å². The Morgan fingerprint density at radius 2 is 2.17 bits per heavy atom. The van der Waals surface area contributed by atoms with E-state index in [1.165, 1.54) is 24.3 Å². The number of nitrogens with one attached hydrogen (secondary N) is 1. The third-order valence-electron chi connectivity index (χ3n) is 3.64. The van der Waals surface area contributed by atoms with E-state index in [-0.39, 0.29) is 29.7 Å². The summed E-state index contributed by atoms with van der Waals surface area (Å²) >= 11 is 0. The first kappa shape index (κ1) is 16.0. The van der Waals surface area contributed by atoms with Gasteiger partial charge < -0.3 is 19.7 Å². The number of benzene rings is 1. The second kappa shape index (κ2) is 6.69.